The summed E-state index contributed by atoms with van der Waals surface area (Å²) in [6.45, 7) is 4.66. The van der Waals surface area contributed by atoms with Gasteiger partial charge < -0.3 is 10.5 Å². The number of hydrogen-bond acceptors (Lipinski definition) is 2. The van der Waals surface area contributed by atoms with Crippen molar-refractivity contribution < 1.29 is 4.74 Å². The lowest BCUT2D eigenvalue weighted by Gasteiger charge is -2.15. The summed E-state index contributed by atoms with van der Waals surface area (Å²) in [7, 11) is 1.66. The van der Waals surface area contributed by atoms with Crippen LogP contribution in [-0.4, -0.2) is 7.11 Å². The minimum atomic E-state index is 0.383. The molecule has 0 saturated heterocycles. The Labute approximate surface area is 90.0 Å². The van der Waals surface area contributed by atoms with Gasteiger partial charge in [0.15, 0.2) is 0 Å². The molecule has 2 nitrogen and oxygen atoms in total. The lowest BCUT2D eigenvalue weighted by Crippen LogP contribution is -2.03. The quantitative estimate of drug-likeness (QED) is 0.838. The molecular formula is C11H16ClNO. The fourth-order valence-corrected chi connectivity index (χ4v) is 1.75. The van der Waals surface area contributed by atoms with E-state index in [4.69, 9.17) is 22.1 Å². The molecule has 1 aromatic carbocycles. The van der Waals surface area contributed by atoms with Crippen LogP contribution in [-0.2, 0) is 6.54 Å². The minimum absolute atomic E-state index is 0.383. The van der Waals surface area contributed by atoms with Crippen molar-refractivity contribution in [2.45, 2.75) is 26.3 Å². The Balaban J connectivity index is 3.31. The standard InChI is InChI=1S/C11H16ClNO/c1-7(2)10-5-9(12)4-8(6-13)11(10)14-3/h4-5,7H,6,13H2,1-3H3. The van der Waals surface area contributed by atoms with Crippen LogP contribution < -0.4 is 10.5 Å². The summed E-state index contributed by atoms with van der Waals surface area (Å²) in [5.41, 5.74) is 7.70. The van der Waals surface area contributed by atoms with E-state index in [0.717, 1.165) is 21.9 Å². The van der Waals surface area contributed by atoms with Gasteiger partial charge in [-0.1, -0.05) is 25.4 Å². The molecule has 3 heteroatoms. The van der Waals surface area contributed by atoms with Gasteiger partial charge in [0.1, 0.15) is 5.75 Å². The zero-order valence-corrected chi connectivity index (χ0v) is 9.56. The lowest BCUT2D eigenvalue weighted by molar-refractivity contribution is 0.402. The summed E-state index contributed by atoms with van der Waals surface area (Å²) in [5.74, 6) is 1.25. The maximum atomic E-state index is 5.99. The Morgan fingerprint density at radius 3 is 2.50 bits per heavy atom. The number of halogens is 1. The van der Waals surface area contributed by atoms with Crippen molar-refractivity contribution in [3.8, 4) is 5.75 Å². The molecule has 0 bridgehead atoms. The predicted molar refractivity (Wildman–Crippen MR) is 60.0 cm³/mol. The Morgan fingerprint density at radius 2 is 2.07 bits per heavy atom. The largest absolute Gasteiger partial charge is 0.496 e. The molecule has 0 fully saturated rings. The van der Waals surface area contributed by atoms with Crippen LogP contribution in [0.3, 0.4) is 0 Å². The van der Waals surface area contributed by atoms with E-state index in [1.165, 1.54) is 0 Å². The molecule has 0 amide bonds. The molecule has 78 valence electrons. The number of hydrogen-bond donors (Lipinski definition) is 1. The molecule has 1 rings (SSSR count). The van der Waals surface area contributed by atoms with Gasteiger partial charge in [-0.2, -0.15) is 0 Å². The fourth-order valence-electron chi connectivity index (χ4n) is 1.50. The Bertz CT molecular complexity index is 323. The molecule has 0 unspecified atom stereocenters. The monoisotopic (exact) mass is 213 g/mol. The van der Waals surface area contributed by atoms with Gasteiger partial charge in [0.05, 0.1) is 7.11 Å². The van der Waals surface area contributed by atoms with E-state index in [-0.39, 0.29) is 0 Å². The molecule has 1 aromatic rings. The summed E-state index contributed by atoms with van der Waals surface area (Å²) < 4.78 is 5.35. The number of ether oxygens (including phenoxy) is 1. The summed E-state index contributed by atoms with van der Waals surface area (Å²) in [6, 6.07) is 3.79. The van der Waals surface area contributed by atoms with Crippen molar-refractivity contribution in [2.75, 3.05) is 7.11 Å². The van der Waals surface area contributed by atoms with E-state index in [2.05, 4.69) is 13.8 Å². The highest BCUT2D eigenvalue weighted by Gasteiger charge is 2.12. The van der Waals surface area contributed by atoms with Gasteiger partial charge in [-0.05, 0) is 23.6 Å². The highest BCUT2D eigenvalue weighted by molar-refractivity contribution is 6.30. The number of nitrogens with two attached hydrogens (primary N) is 1. The average molecular weight is 214 g/mol. The van der Waals surface area contributed by atoms with Crippen molar-refractivity contribution >= 4 is 11.6 Å². The summed E-state index contributed by atoms with van der Waals surface area (Å²) in [4.78, 5) is 0. The van der Waals surface area contributed by atoms with Crippen LogP contribution >= 0.6 is 11.6 Å². The Kier molecular flexibility index (Phi) is 3.78. The van der Waals surface area contributed by atoms with E-state index in [1.807, 2.05) is 12.1 Å². The van der Waals surface area contributed by atoms with Gasteiger partial charge in [0, 0.05) is 17.1 Å². The van der Waals surface area contributed by atoms with Gasteiger partial charge in [-0.25, -0.2) is 0 Å². The third-order valence-electron chi connectivity index (χ3n) is 2.21. The zero-order chi connectivity index (χ0) is 10.7. The second-order valence-corrected chi connectivity index (χ2v) is 3.98. The van der Waals surface area contributed by atoms with E-state index in [0.29, 0.717) is 12.5 Å². The van der Waals surface area contributed by atoms with Crippen LogP contribution in [0.5, 0.6) is 5.75 Å². The van der Waals surface area contributed by atoms with E-state index < -0.39 is 0 Å². The van der Waals surface area contributed by atoms with Crippen molar-refractivity contribution in [2.24, 2.45) is 5.73 Å². The summed E-state index contributed by atoms with van der Waals surface area (Å²) in [6.07, 6.45) is 0. The van der Waals surface area contributed by atoms with Crippen molar-refractivity contribution in [3.05, 3.63) is 28.3 Å². The first-order valence-corrected chi connectivity index (χ1v) is 5.04. The van der Waals surface area contributed by atoms with Crippen LogP contribution in [0.25, 0.3) is 0 Å². The molecule has 0 atom stereocenters. The van der Waals surface area contributed by atoms with Crippen LogP contribution in [0.4, 0.5) is 0 Å². The van der Waals surface area contributed by atoms with Crippen molar-refractivity contribution in [1.29, 1.82) is 0 Å². The van der Waals surface area contributed by atoms with Gasteiger partial charge in [0.25, 0.3) is 0 Å². The van der Waals surface area contributed by atoms with Gasteiger partial charge in [-0.15, -0.1) is 0 Å². The molecular weight excluding hydrogens is 198 g/mol. The van der Waals surface area contributed by atoms with Crippen LogP contribution in [0, 0.1) is 0 Å². The van der Waals surface area contributed by atoms with Crippen LogP contribution in [0.2, 0.25) is 5.02 Å². The van der Waals surface area contributed by atoms with E-state index in [1.54, 1.807) is 7.11 Å². The maximum Gasteiger partial charge on any atom is 0.126 e. The maximum absolute atomic E-state index is 5.99. The number of rotatable bonds is 3. The predicted octanol–water partition coefficient (Wildman–Crippen LogP) is 2.93. The average Bonchev–Trinajstić information content (AvgIpc) is 2.16. The molecule has 0 spiro atoms. The van der Waals surface area contributed by atoms with E-state index in [9.17, 15) is 0 Å². The molecule has 0 saturated carbocycles. The van der Waals surface area contributed by atoms with Gasteiger partial charge in [-0.3, -0.25) is 0 Å². The minimum Gasteiger partial charge on any atom is -0.496 e. The van der Waals surface area contributed by atoms with E-state index >= 15 is 0 Å². The first kappa shape index (κ1) is 11.3. The smallest absolute Gasteiger partial charge is 0.126 e. The second-order valence-electron chi connectivity index (χ2n) is 3.55. The van der Waals surface area contributed by atoms with Crippen molar-refractivity contribution in [3.63, 3.8) is 0 Å². The summed E-state index contributed by atoms with van der Waals surface area (Å²) >= 11 is 5.99. The topological polar surface area (TPSA) is 35.2 Å². The molecule has 0 aliphatic carbocycles. The fraction of sp³-hybridized carbons (Fsp3) is 0.455. The first-order valence-electron chi connectivity index (χ1n) is 4.66. The summed E-state index contributed by atoms with van der Waals surface area (Å²) in [5, 5.41) is 0.718. The molecule has 0 aliphatic rings. The molecule has 0 radical (unpaired) electrons. The van der Waals surface area contributed by atoms with Gasteiger partial charge >= 0.3 is 0 Å². The number of methoxy groups -OCH3 is 1. The molecule has 0 heterocycles. The van der Waals surface area contributed by atoms with Crippen LogP contribution in [0.15, 0.2) is 12.1 Å². The Morgan fingerprint density at radius 1 is 1.43 bits per heavy atom. The second kappa shape index (κ2) is 4.67. The lowest BCUT2D eigenvalue weighted by atomic mass is 9.99. The van der Waals surface area contributed by atoms with Gasteiger partial charge in [0.2, 0.25) is 0 Å². The molecule has 14 heavy (non-hydrogen) atoms. The third kappa shape index (κ3) is 2.20. The third-order valence-corrected chi connectivity index (χ3v) is 2.42. The number of benzene rings is 1. The SMILES string of the molecule is COc1c(CN)cc(Cl)cc1C(C)C. The zero-order valence-electron chi connectivity index (χ0n) is 8.80. The first-order chi connectivity index (χ1) is 6.60. The molecule has 2 N–H and O–H groups in total. The molecule has 0 aromatic heterocycles. The Hall–Kier alpha value is -0.730. The van der Waals surface area contributed by atoms with Crippen LogP contribution in [0.1, 0.15) is 30.9 Å². The highest BCUT2D eigenvalue weighted by Crippen LogP contribution is 2.32. The molecule has 0 aliphatic heterocycles. The highest BCUT2D eigenvalue weighted by atomic mass is 35.5. The van der Waals surface area contributed by atoms with Crippen molar-refractivity contribution in [1.82, 2.24) is 0 Å². The normalized spacial score (nSPS) is 10.7.